The van der Waals surface area contributed by atoms with Crippen LogP contribution in [0.1, 0.15) is 16.7 Å². The quantitative estimate of drug-likeness (QED) is 0.558. The summed E-state index contributed by atoms with van der Waals surface area (Å²) in [7, 11) is 0. The van der Waals surface area contributed by atoms with Gasteiger partial charge in [-0.15, -0.1) is 0 Å². The summed E-state index contributed by atoms with van der Waals surface area (Å²) < 4.78 is 50.7. The lowest BCUT2D eigenvalue weighted by Gasteiger charge is -2.14. The molecule has 0 heterocycles. The zero-order chi connectivity index (χ0) is 19.3. The number of para-hydroxylation sites is 2. The summed E-state index contributed by atoms with van der Waals surface area (Å²) in [6.07, 6.45) is -4.65. The van der Waals surface area contributed by atoms with E-state index in [1.54, 1.807) is 30.3 Å². The Bertz CT molecular complexity index is 963. The van der Waals surface area contributed by atoms with E-state index >= 15 is 0 Å². The highest BCUT2D eigenvalue weighted by Crippen LogP contribution is 2.37. The van der Waals surface area contributed by atoms with Crippen molar-refractivity contribution in [3.63, 3.8) is 0 Å². The monoisotopic (exact) mass is 369 g/mol. The number of hydrogen-bond acceptors (Lipinski definition) is 3. The zero-order valence-electron chi connectivity index (χ0n) is 14.0. The SMILES string of the molecule is N#Cc1ccc(Oc2ccccc2OCc2ccccc2)cc1C(F)(F)F. The summed E-state index contributed by atoms with van der Waals surface area (Å²) in [6.45, 7) is 0.294. The molecule has 0 aliphatic rings. The Labute approximate surface area is 154 Å². The van der Waals surface area contributed by atoms with Gasteiger partial charge in [0.1, 0.15) is 12.4 Å². The van der Waals surface area contributed by atoms with Crippen molar-refractivity contribution in [2.24, 2.45) is 0 Å². The van der Waals surface area contributed by atoms with Gasteiger partial charge < -0.3 is 9.47 Å². The smallest absolute Gasteiger partial charge is 0.417 e. The average Bonchev–Trinajstić information content (AvgIpc) is 2.67. The maximum atomic E-state index is 13.1. The lowest BCUT2D eigenvalue weighted by atomic mass is 10.1. The van der Waals surface area contributed by atoms with Crippen LogP contribution >= 0.6 is 0 Å². The van der Waals surface area contributed by atoms with E-state index in [1.807, 2.05) is 30.3 Å². The van der Waals surface area contributed by atoms with Gasteiger partial charge in [-0.05, 0) is 35.9 Å². The topological polar surface area (TPSA) is 42.2 Å². The largest absolute Gasteiger partial charge is 0.485 e. The number of alkyl halides is 3. The van der Waals surface area contributed by atoms with Crippen molar-refractivity contribution in [1.29, 1.82) is 5.26 Å². The number of ether oxygens (including phenoxy) is 2. The Hall–Kier alpha value is -3.46. The van der Waals surface area contributed by atoms with E-state index in [4.69, 9.17) is 14.7 Å². The molecule has 0 saturated carbocycles. The first kappa shape index (κ1) is 18.3. The van der Waals surface area contributed by atoms with Gasteiger partial charge in [0.15, 0.2) is 11.5 Å². The van der Waals surface area contributed by atoms with Crippen molar-refractivity contribution in [1.82, 2.24) is 0 Å². The first-order chi connectivity index (χ1) is 13.0. The Morgan fingerprint density at radius 1 is 0.852 bits per heavy atom. The average molecular weight is 369 g/mol. The van der Waals surface area contributed by atoms with Crippen LogP contribution < -0.4 is 9.47 Å². The second kappa shape index (κ2) is 7.83. The van der Waals surface area contributed by atoms with Crippen LogP contribution in [0.15, 0.2) is 72.8 Å². The number of benzene rings is 3. The number of halogens is 3. The molecule has 3 rings (SSSR count). The summed E-state index contributed by atoms with van der Waals surface area (Å²) in [5, 5.41) is 8.87. The van der Waals surface area contributed by atoms with E-state index < -0.39 is 17.3 Å². The highest BCUT2D eigenvalue weighted by Gasteiger charge is 2.34. The first-order valence-electron chi connectivity index (χ1n) is 8.02. The molecule has 3 nitrogen and oxygen atoms in total. The van der Waals surface area contributed by atoms with Gasteiger partial charge in [-0.3, -0.25) is 0 Å². The van der Waals surface area contributed by atoms with E-state index in [1.165, 1.54) is 6.07 Å². The van der Waals surface area contributed by atoms with E-state index in [9.17, 15) is 13.2 Å². The minimum atomic E-state index is -4.65. The Balaban J connectivity index is 1.83. The van der Waals surface area contributed by atoms with Gasteiger partial charge in [-0.25, -0.2) is 0 Å². The molecular formula is C21H14F3NO2. The molecule has 0 radical (unpaired) electrons. The molecule has 0 unspecified atom stereocenters. The van der Waals surface area contributed by atoms with Crippen molar-refractivity contribution < 1.29 is 22.6 Å². The fraction of sp³-hybridized carbons (Fsp3) is 0.0952. The lowest BCUT2D eigenvalue weighted by Crippen LogP contribution is -2.08. The summed E-state index contributed by atoms with van der Waals surface area (Å²) in [6, 6.07) is 20.9. The normalized spacial score (nSPS) is 10.9. The molecule has 3 aromatic rings. The fourth-order valence-corrected chi connectivity index (χ4v) is 2.43. The van der Waals surface area contributed by atoms with Crippen LogP contribution in [0.2, 0.25) is 0 Å². The summed E-state index contributed by atoms with van der Waals surface area (Å²) in [5.41, 5.74) is -0.543. The third-order valence-electron chi connectivity index (χ3n) is 3.73. The second-order valence-electron chi connectivity index (χ2n) is 5.64. The number of nitrogens with zero attached hydrogens (tertiary/aromatic N) is 1. The molecular weight excluding hydrogens is 355 g/mol. The molecule has 27 heavy (non-hydrogen) atoms. The van der Waals surface area contributed by atoms with Crippen LogP contribution in [0.25, 0.3) is 0 Å². The fourth-order valence-electron chi connectivity index (χ4n) is 2.43. The molecule has 0 bridgehead atoms. The third kappa shape index (κ3) is 4.59. The highest BCUT2D eigenvalue weighted by atomic mass is 19.4. The van der Waals surface area contributed by atoms with Gasteiger partial charge in [0.05, 0.1) is 17.2 Å². The maximum Gasteiger partial charge on any atom is 0.417 e. The van der Waals surface area contributed by atoms with Gasteiger partial charge >= 0.3 is 6.18 Å². The summed E-state index contributed by atoms with van der Waals surface area (Å²) in [4.78, 5) is 0. The maximum absolute atomic E-state index is 13.1. The zero-order valence-corrected chi connectivity index (χ0v) is 14.0. The van der Waals surface area contributed by atoms with Crippen LogP contribution in [0.4, 0.5) is 13.2 Å². The number of nitriles is 1. The van der Waals surface area contributed by atoms with Gasteiger partial charge in [0.2, 0.25) is 0 Å². The molecule has 0 aliphatic heterocycles. The van der Waals surface area contributed by atoms with Crippen molar-refractivity contribution >= 4 is 0 Å². The molecule has 0 atom stereocenters. The molecule has 6 heteroatoms. The van der Waals surface area contributed by atoms with Crippen molar-refractivity contribution in [3.05, 3.63) is 89.5 Å². The van der Waals surface area contributed by atoms with Gasteiger partial charge in [0.25, 0.3) is 0 Å². The second-order valence-corrected chi connectivity index (χ2v) is 5.64. The molecule has 3 aromatic carbocycles. The van der Waals surface area contributed by atoms with E-state index in [0.29, 0.717) is 12.4 Å². The van der Waals surface area contributed by atoms with Crippen molar-refractivity contribution in [3.8, 4) is 23.3 Å². The Morgan fingerprint density at radius 2 is 1.52 bits per heavy atom. The molecule has 0 N–H and O–H groups in total. The van der Waals surface area contributed by atoms with E-state index in [0.717, 1.165) is 17.7 Å². The van der Waals surface area contributed by atoms with E-state index in [-0.39, 0.29) is 11.5 Å². The van der Waals surface area contributed by atoms with Crippen LogP contribution in [0.5, 0.6) is 17.2 Å². The van der Waals surface area contributed by atoms with Gasteiger partial charge in [0, 0.05) is 0 Å². The predicted octanol–water partition coefficient (Wildman–Crippen LogP) is 5.95. The standard InChI is InChI=1S/C21H14F3NO2/c22-21(23,24)18-12-17(11-10-16(18)13-25)27-20-9-5-4-8-19(20)26-14-15-6-2-1-3-7-15/h1-12H,14H2. The van der Waals surface area contributed by atoms with E-state index in [2.05, 4.69) is 0 Å². The molecule has 136 valence electrons. The summed E-state index contributed by atoms with van der Waals surface area (Å²) >= 11 is 0. The van der Waals surface area contributed by atoms with Gasteiger partial charge in [-0.2, -0.15) is 18.4 Å². The molecule has 0 aliphatic carbocycles. The molecule has 0 spiro atoms. The van der Waals surface area contributed by atoms with Crippen LogP contribution in [-0.2, 0) is 12.8 Å². The molecule has 0 fully saturated rings. The molecule has 0 amide bonds. The summed E-state index contributed by atoms with van der Waals surface area (Å²) in [5.74, 6) is 0.655. The number of rotatable bonds is 5. The van der Waals surface area contributed by atoms with Gasteiger partial charge in [-0.1, -0.05) is 42.5 Å². The Morgan fingerprint density at radius 3 is 2.19 bits per heavy atom. The lowest BCUT2D eigenvalue weighted by molar-refractivity contribution is -0.137. The minimum Gasteiger partial charge on any atom is -0.485 e. The van der Waals surface area contributed by atoms with Crippen molar-refractivity contribution in [2.75, 3.05) is 0 Å². The molecule has 0 saturated heterocycles. The Kier molecular flexibility index (Phi) is 5.32. The predicted molar refractivity (Wildman–Crippen MR) is 93.4 cm³/mol. The minimum absolute atomic E-state index is 0.0305. The van der Waals surface area contributed by atoms with Crippen LogP contribution in [0.3, 0.4) is 0 Å². The first-order valence-corrected chi connectivity index (χ1v) is 8.02. The van der Waals surface area contributed by atoms with Crippen LogP contribution in [0, 0.1) is 11.3 Å². The molecule has 0 aromatic heterocycles. The number of hydrogen-bond donors (Lipinski definition) is 0. The van der Waals surface area contributed by atoms with Crippen LogP contribution in [-0.4, -0.2) is 0 Å². The van der Waals surface area contributed by atoms with Crippen molar-refractivity contribution in [2.45, 2.75) is 12.8 Å². The third-order valence-corrected chi connectivity index (χ3v) is 3.73. The highest BCUT2D eigenvalue weighted by molar-refractivity contribution is 5.47.